The lowest BCUT2D eigenvalue weighted by molar-refractivity contribution is -0.131. The van der Waals surface area contributed by atoms with Gasteiger partial charge in [-0.05, 0) is 24.8 Å². The highest BCUT2D eigenvalue weighted by atomic mass is 16.2. The molecule has 8 nitrogen and oxygen atoms in total. The molecule has 0 spiro atoms. The molecule has 2 heterocycles. The molecule has 0 atom stereocenters. The highest BCUT2D eigenvalue weighted by molar-refractivity contribution is 5.81. The summed E-state index contributed by atoms with van der Waals surface area (Å²) in [6, 6.07) is 1.81. The molecule has 0 aromatic carbocycles. The van der Waals surface area contributed by atoms with E-state index in [1.54, 1.807) is 19.4 Å². The number of hydrogen-bond donors (Lipinski definition) is 2. The lowest BCUT2D eigenvalue weighted by atomic mass is 10.3. The minimum absolute atomic E-state index is 0.179. The van der Waals surface area contributed by atoms with E-state index < -0.39 is 0 Å². The predicted octanol–water partition coefficient (Wildman–Crippen LogP) is 0.0903. The van der Waals surface area contributed by atoms with E-state index in [1.807, 2.05) is 11.0 Å². The number of carbonyl (C=O) groups excluding carboxylic acids is 1. The molecule has 136 valence electrons. The number of aromatic nitrogens is 2. The molecule has 25 heavy (non-hydrogen) atoms. The van der Waals surface area contributed by atoms with Crippen LogP contribution in [0.4, 0.5) is 5.95 Å². The molecule has 1 saturated heterocycles. The Labute approximate surface area is 148 Å². The summed E-state index contributed by atoms with van der Waals surface area (Å²) in [5, 5.41) is 6.52. The first-order valence-electron chi connectivity index (χ1n) is 9.00. The van der Waals surface area contributed by atoms with Gasteiger partial charge in [0.2, 0.25) is 11.9 Å². The first-order chi connectivity index (χ1) is 12.3. The minimum atomic E-state index is 0.179. The van der Waals surface area contributed by atoms with Crippen molar-refractivity contribution in [1.29, 1.82) is 0 Å². The highest BCUT2D eigenvalue weighted by Crippen LogP contribution is 2.27. The smallest absolute Gasteiger partial charge is 0.225 e. The van der Waals surface area contributed by atoms with Crippen molar-refractivity contribution in [3.63, 3.8) is 0 Å². The van der Waals surface area contributed by atoms with Gasteiger partial charge in [0.05, 0.1) is 0 Å². The molecule has 1 saturated carbocycles. The first-order valence-corrected chi connectivity index (χ1v) is 9.00. The van der Waals surface area contributed by atoms with Gasteiger partial charge in [0.15, 0.2) is 5.96 Å². The summed E-state index contributed by atoms with van der Waals surface area (Å²) >= 11 is 0. The third-order valence-electron chi connectivity index (χ3n) is 4.58. The number of rotatable bonds is 6. The van der Waals surface area contributed by atoms with Gasteiger partial charge in [-0.2, -0.15) is 0 Å². The lowest BCUT2D eigenvalue weighted by Crippen LogP contribution is -2.50. The summed E-state index contributed by atoms with van der Waals surface area (Å²) in [7, 11) is 1.76. The number of anilines is 1. The van der Waals surface area contributed by atoms with E-state index in [1.165, 1.54) is 12.8 Å². The Balaban J connectivity index is 1.34. The third-order valence-corrected chi connectivity index (χ3v) is 4.58. The number of carbonyl (C=O) groups is 1. The van der Waals surface area contributed by atoms with Gasteiger partial charge in [-0.1, -0.05) is 0 Å². The van der Waals surface area contributed by atoms with Crippen LogP contribution in [0.3, 0.4) is 0 Å². The van der Waals surface area contributed by atoms with Crippen LogP contribution in [-0.4, -0.2) is 73.1 Å². The average molecular weight is 345 g/mol. The Kier molecular flexibility index (Phi) is 6.03. The average Bonchev–Trinajstić information content (AvgIpc) is 3.49. The number of piperazine rings is 1. The molecule has 1 aliphatic carbocycles. The van der Waals surface area contributed by atoms with Crippen molar-refractivity contribution in [2.24, 2.45) is 10.9 Å². The Bertz CT molecular complexity index is 580. The van der Waals surface area contributed by atoms with E-state index in [-0.39, 0.29) is 5.91 Å². The van der Waals surface area contributed by atoms with Crippen molar-refractivity contribution in [2.45, 2.75) is 19.3 Å². The van der Waals surface area contributed by atoms with Crippen LogP contribution in [0.15, 0.2) is 23.5 Å². The number of guanidine groups is 1. The maximum absolute atomic E-state index is 12.4. The van der Waals surface area contributed by atoms with E-state index in [2.05, 4.69) is 30.5 Å². The van der Waals surface area contributed by atoms with Crippen LogP contribution in [0.2, 0.25) is 0 Å². The van der Waals surface area contributed by atoms with E-state index in [9.17, 15) is 4.79 Å². The quantitative estimate of drug-likeness (QED) is 0.561. The maximum atomic E-state index is 12.4. The fraction of sp³-hybridized carbons (Fsp3) is 0.647. The van der Waals surface area contributed by atoms with Gasteiger partial charge < -0.3 is 20.4 Å². The maximum Gasteiger partial charge on any atom is 0.225 e. The Morgan fingerprint density at radius 1 is 1.20 bits per heavy atom. The third kappa shape index (κ3) is 5.30. The second kappa shape index (κ2) is 8.64. The van der Waals surface area contributed by atoms with Gasteiger partial charge in [0, 0.05) is 65.1 Å². The summed E-state index contributed by atoms with van der Waals surface area (Å²) in [5.41, 5.74) is 0. The van der Waals surface area contributed by atoms with Gasteiger partial charge in [-0.3, -0.25) is 9.79 Å². The Hall–Kier alpha value is -2.38. The molecule has 0 bridgehead atoms. The molecule has 0 unspecified atom stereocenters. The zero-order valence-corrected chi connectivity index (χ0v) is 14.8. The van der Waals surface area contributed by atoms with Gasteiger partial charge in [0.25, 0.3) is 0 Å². The second-order valence-corrected chi connectivity index (χ2v) is 6.49. The summed E-state index contributed by atoms with van der Waals surface area (Å²) in [4.78, 5) is 29.1. The van der Waals surface area contributed by atoms with E-state index in [0.717, 1.165) is 37.5 Å². The Morgan fingerprint density at radius 3 is 2.56 bits per heavy atom. The van der Waals surface area contributed by atoms with E-state index >= 15 is 0 Å². The lowest BCUT2D eigenvalue weighted by Gasteiger charge is -2.34. The van der Waals surface area contributed by atoms with Gasteiger partial charge in [-0.15, -0.1) is 0 Å². The van der Waals surface area contributed by atoms with Crippen LogP contribution < -0.4 is 15.5 Å². The fourth-order valence-corrected chi connectivity index (χ4v) is 2.84. The SMILES string of the molecule is CN=C(NCCC(=O)N1CCN(c2ncccn2)CC1)NCC1CC1. The monoisotopic (exact) mass is 345 g/mol. The number of aliphatic imine (C=N–C) groups is 1. The normalized spacial score (nSPS) is 18.2. The van der Waals surface area contributed by atoms with Crippen molar-refractivity contribution >= 4 is 17.8 Å². The number of amides is 1. The van der Waals surface area contributed by atoms with Gasteiger partial charge in [0.1, 0.15) is 0 Å². The minimum Gasteiger partial charge on any atom is -0.356 e. The van der Waals surface area contributed by atoms with Crippen LogP contribution in [0.5, 0.6) is 0 Å². The molecular formula is C17H27N7O. The Morgan fingerprint density at radius 2 is 1.92 bits per heavy atom. The van der Waals surface area contributed by atoms with Crippen molar-refractivity contribution in [1.82, 2.24) is 25.5 Å². The van der Waals surface area contributed by atoms with Crippen LogP contribution in [0, 0.1) is 5.92 Å². The van der Waals surface area contributed by atoms with E-state index in [0.29, 0.717) is 26.1 Å². The summed E-state index contributed by atoms with van der Waals surface area (Å²) < 4.78 is 0. The molecule has 3 rings (SSSR count). The summed E-state index contributed by atoms with van der Waals surface area (Å²) in [6.45, 7) is 4.54. The molecule has 2 aliphatic rings. The van der Waals surface area contributed by atoms with Crippen LogP contribution in [-0.2, 0) is 4.79 Å². The molecular weight excluding hydrogens is 318 g/mol. The van der Waals surface area contributed by atoms with Gasteiger partial charge in [-0.25, -0.2) is 9.97 Å². The molecule has 1 aliphatic heterocycles. The van der Waals surface area contributed by atoms with Gasteiger partial charge >= 0.3 is 0 Å². The molecule has 1 aromatic heterocycles. The number of nitrogens with one attached hydrogen (secondary N) is 2. The second-order valence-electron chi connectivity index (χ2n) is 6.49. The van der Waals surface area contributed by atoms with Crippen molar-refractivity contribution in [3.8, 4) is 0 Å². The molecule has 8 heteroatoms. The summed E-state index contributed by atoms with van der Waals surface area (Å²) in [5.74, 6) is 2.50. The van der Waals surface area contributed by atoms with Crippen LogP contribution in [0.1, 0.15) is 19.3 Å². The molecule has 1 aromatic rings. The molecule has 2 fully saturated rings. The number of nitrogens with zero attached hydrogens (tertiary/aromatic N) is 5. The molecule has 0 radical (unpaired) electrons. The van der Waals surface area contributed by atoms with Crippen molar-refractivity contribution in [3.05, 3.63) is 18.5 Å². The highest BCUT2D eigenvalue weighted by Gasteiger charge is 2.23. The van der Waals surface area contributed by atoms with Crippen molar-refractivity contribution in [2.75, 3.05) is 51.2 Å². The topological polar surface area (TPSA) is 85.8 Å². The van der Waals surface area contributed by atoms with Crippen LogP contribution in [0.25, 0.3) is 0 Å². The molecule has 1 amide bonds. The standard InChI is InChI=1S/C17H27N7O/c1-18-16(22-13-14-3-4-14)19-8-5-15(25)23-9-11-24(12-10-23)17-20-6-2-7-21-17/h2,6-7,14H,3-5,8-13H2,1H3,(H2,18,19,22). The summed E-state index contributed by atoms with van der Waals surface area (Å²) in [6.07, 6.45) is 6.59. The van der Waals surface area contributed by atoms with E-state index in [4.69, 9.17) is 0 Å². The van der Waals surface area contributed by atoms with Crippen molar-refractivity contribution < 1.29 is 4.79 Å². The fourth-order valence-electron chi connectivity index (χ4n) is 2.84. The first kappa shape index (κ1) is 17.4. The van der Waals surface area contributed by atoms with Crippen LogP contribution >= 0.6 is 0 Å². The predicted molar refractivity (Wildman–Crippen MR) is 97.5 cm³/mol. The molecule has 2 N–H and O–H groups in total. The zero-order valence-electron chi connectivity index (χ0n) is 14.8. The largest absolute Gasteiger partial charge is 0.356 e. The zero-order chi connectivity index (χ0) is 17.5. The number of hydrogen-bond acceptors (Lipinski definition) is 5.